The van der Waals surface area contributed by atoms with Crippen LogP contribution in [0.5, 0.6) is 0 Å². The summed E-state index contributed by atoms with van der Waals surface area (Å²) < 4.78 is 30.6. The standard InChI is InChI=1S/C3H6FNO2S/c1-5-2-3-8(4,6)7/h2-3,5H,1H3/b3-2+. The maximum Gasteiger partial charge on any atom is 0.326 e. The van der Waals surface area contributed by atoms with Crippen molar-refractivity contribution in [3.8, 4) is 0 Å². The van der Waals surface area contributed by atoms with Crippen molar-refractivity contribution in [2.24, 2.45) is 0 Å². The van der Waals surface area contributed by atoms with Crippen LogP contribution < -0.4 is 5.32 Å². The molecule has 0 fully saturated rings. The highest BCUT2D eigenvalue weighted by Crippen LogP contribution is 1.89. The first-order valence-electron chi connectivity index (χ1n) is 1.85. The Hall–Kier alpha value is -0.580. The van der Waals surface area contributed by atoms with Crippen molar-refractivity contribution in [1.82, 2.24) is 5.32 Å². The van der Waals surface area contributed by atoms with E-state index in [0.29, 0.717) is 5.41 Å². The zero-order valence-electron chi connectivity index (χ0n) is 4.26. The Kier molecular flexibility index (Phi) is 2.47. The molecule has 0 aliphatic carbocycles. The highest BCUT2D eigenvalue weighted by molar-refractivity contribution is 7.89. The average molecular weight is 139 g/mol. The summed E-state index contributed by atoms with van der Waals surface area (Å²) in [6.07, 6.45) is 0.995. The summed E-state index contributed by atoms with van der Waals surface area (Å²) in [5, 5.41) is 2.76. The Labute approximate surface area is 47.4 Å². The fraction of sp³-hybridized carbons (Fsp3) is 0.333. The first-order valence-corrected chi connectivity index (χ1v) is 3.29. The van der Waals surface area contributed by atoms with Crippen molar-refractivity contribution < 1.29 is 12.3 Å². The van der Waals surface area contributed by atoms with E-state index in [2.05, 4.69) is 5.32 Å². The summed E-state index contributed by atoms with van der Waals surface area (Å²) in [5.41, 5.74) is 0. The second-order valence-electron chi connectivity index (χ2n) is 1.07. The lowest BCUT2D eigenvalue weighted by atomic mass is 11.0. The van der Waals surface area contributed by atoms with Gasteiger partial charge in [-0.15, -0.1) is 3.89 Å². The third kappa shape index (κ3) is 5.42. The van der Waals surface area contributed by atoms with Crippen molar-refractivity contribution in [1.29, 1.82) is 0 Å². The van der Waals surface area contributed by atoms with E-state index in [4.69, 9.17) is 0 Å². The van der Waals surface area contributed by atoms with Crippen LogP contribution in [0.4, 0.5) is 3.89 Å². The fourth-order valence-corrected chi connectivity index (χ4v) is 0.448. The summed E-state index contributed by atoms with van der Waals surface area (Å²) in [6, 6.07) is 0. The van der Waals surface area contributed by atoms with Gasteiger partial charge in [-0.1, -0.05) is 0 Å². The van der Waals surface area contributed by atoms with Gasteiger partial charge < -0.3 is 5.32 Å². The van der Waals surface area contributed by atoms with Crippen LogP contribution in [0, 0.1) is 0 Å². The molecule has 0 rings (SSSR count). The number of halogens is 1. The molecule has 0 unspecified atom stereocenters. The maximum atomic E-state index is 11.4. The monoisotopic (exact) mass is 139 g/mol. The van der Waals surface area contributed by atoms with Crippen LogP contribution in [-0.4, -0.2) is 15.5 Å². The van der Waals surface area contributed by atoms with Gasteiger partial charge in [-0.2, -0.15) is 8.42 Å². The Balaban J connectivity index is 3.92. The minimum absolute atomic E-state index is 0.438. The Bertz CT molecular complexity index is 172. The molecule has 0 aliphatic heterocycles. The molecule has 48 valence electrons. The molecular formula is C3H6FNO2S. The van der Waals surface area contributed by atoms with Gasteiger partial charge >= 0.3 is 10.2 Å². The summed E-state index contributed by atoms with van der Waals surface area (Å²) >= 11 is 0. The molecule has 0 amide bonds. The van der Waals surface area contributed by atoms with E-state index in [1.165, 1.54) is 7.05 Å². The van der Waals surface area contributed by atoms with Gasteiger partial charge in [-0.25, -0.2) is 0 Å². The number of rotatable bonds is 2. The Morgan fingerprint density at radius 1 is 1.62 bits per heavy atom. The quantitative estimate of drug-likeness (QED) is 0.547. The smallest absolute Gasteiger partial charge is 0.326 e. The zero-order valence-corrected chi connectivity index (χ0v) is 5.07. The highest BCUT2D eigenvalue weighted by Gasteiger charge is 1.95. The van der Waals surface area contributed by atoms with Crippen LogP contribution in [0.15, 0.2) is 11.6 Å². The molecule has 0 aromatic heterocycles. The molecule has 0 heterocycles. The van der Waals surface area contributed by atoms with Crippen LogP contribution in [0.25, 0.3) is 0 Å². The first-order chi connectivity index (χ1) is 3.56. The lowest BCUT2D eigenvalue weighted by Gasteiger charge is -1.80. The average Bonchev–Trinajstić information content (AvgIpc) is 1.59. The van der Waals surface area contributed by atoms with Gasteiger partial charge in [0.1, 0.15) is 0 Å². The molecule has 5 heteroatoms. The van der Waals surface area contributed by atoms with Crippen molar-refractivity contribution in [2.75, 3.05) is 7.05 Å². The fourth-order valence-electron chi connectivity index (χ4n) is 0.149. The SMILES string of the molecule is CN/C=C/S(=O)(=O)F. The van der Waals surface area contributed by atoms with Crippen molar-refractivity contribution in [3.05, 3.63) is 11.6 Å². The second-order valence-corrected chi connectivity index (χ2v) is 2.29. The topological polar surface area (TPSA) is 46.2 Å². The normalized spacial score (nSPS) is 12.2. The molecule has 0 saturated carbocycles. The second kappa shape index (κ2) is 2.66. The molecule has 0 spiro atoms. The van der Waals surface area contributed by atoms with Crippen LogP contribution in [0.2, 0.25) is 0 Å². The molecule has 0 aromatic rings. The summed E-state index contributed by atoms with van der Waals surface area (Å²) in [4.78, 5) is 0. The van der Waals surface area contributed by atoms with E-state index in [9.17, 15) is 12.3 Å². The van der Waals surface area contributed by atoms with Gasteiger partial charge in [0, 0.05) is 13.2 Å². The molecule has 8 heavy (non-hydrogen) atoms. The summed E-state index contributed by atoms with van der Waals surface area (Å²) in [6.45, 7) is 0. The molecule has 0 bridgehead atoms. The van der Waals surface area contributed by atoms with Gasteiger partial charge in [-0.05, 0) is 0 Å². The molecule has 0 aromatic carbocycles. The van der Waals surface area contributed by atoms with Crippen molar-refractivity contribution in [2.45, 2.75) is 0 Å². The van der Waals surface area contributed by atoms with Gasteiger partial charge in [0.2, 0.25) is 0 Å². The largest absolute Gasteiger partial charge is 0.393 e. The molecule has 0 radical (unpaired) electrons. The van der Waals surface area contributed by atoms with Crippen molar-refractivity contribution >= 4 is 10.2 Å². The van der Waals surface area contributed by atoms with Gasteiger partial charge in [0.05, 0.1) is 5.41 Å². The van der Waals surface area contributed by atoms with E-state index in [0.717, 1.165) is 6.20 Å². The molecule has 0 saturated heterocycles. The van der Waals surface area contributed by atoms with E-state index in [1.54, 1.807) is 0 Å². The predicted octanol–water partition coefficient (Wildman–Crippen LogP) is -0.0237. The molecule has 0 atom stereocenters. The van der Waals surface area contributed by atoms with Crippen LogP contribution in [-0.2, 0) is 10.2 Å². The summed E-state index contributed by atoms with van der Waals surface area (Å²) in [5.74, 6) is 0. The minimum Gasteiger partial charge on any atom is -0.393 e. The van der Waals surface area contributed by atoms with E-state index < -0.39 is 10.2 Å². The van der Waals surface area contributed by atoms with Crippen LogP contribution >= 0.6 is 0 Å². The first kappa shape index (κ1) is 7.42. The molecular weight excluding hydrogens is 133 g/mol. The van der Waals surface area contributed by atoms with E-state index in [-0.39, 0.29) is 0 Å². The molecule has 0 aliphatic rings. The van der Waals surface area contributed by atoms with Gasteiger partial charge in [0.25, 0.3) is 0 Å². The Morgan fingerprint density at radius 3 is 2.25 bits per heavy atom. The maximum absolute atomic E-state index is 11.4. The Morgan fingerprint density at radius 2 is 2.12 bits per heavy atom. The van der Waals surface area contributed by atoms with Crippen LogP contribution in [0.3, 0.4) is 0 Å². The van der Waals surface area contributed by atoms with E-state index in [1.807, 2.05) is 0 Å². The van der Waals surface area contributed by atoms with Gasteiger partial charge in [-0.3, -0.25) is 0 Å². The summed E-state index contributed by atoms with van der Waals surface area (Å²) in [7, 11) is -2.96. The minimum atomic E-state index is -4.43. The third-order valence-corrected chi connectivity index (χ3v) is 0.858. The van der Waals surface area contributed by atoms with Gasteiger partial charge in [0.15, 0.2) is 0 Å². The lowest BCUT2D eigenvalue weighted by Crippen LogP contribution is -1.93. The van der Waals surface area contributed by atoms with E-state index >= 15 is 0 Å². The number of nitrogens with one attached hydrogen (secondary N) is 1. The van der Waals surface area contributed by atoms with Crippen molar-refractivity contribution in [3.63, 3.8) is 0 Å². The lowest BCUT2D eigenvalue weighted by molar-refractivity contribution is 0.562. The predicted molar refractivity (Wildman–Crippen MR) is 28.2 cm³/mol. The molecule has 1 N–H and O–H groups in total. The van der Waals surface area contributed by atoms with Crippen LogP contribution in [0.1, 0.15) is 0 Å². The number of hydrogen-bond donors (Lipinski definition) is 1. The molecule has 3 nitrogen and oxygen atoms in total. The highest BCUT2D eigenvalue weighted by atomic mass is 32.3. The number of hydrogen-bond acceptors (Lipinski definition) is 3. The zero-order chi connectivity index (χ0) is 6.62. The third-order valence-electron chi connectivity index (χ3n) is 0.397.